The van der Waals surface area contributed by atoms with Crippen molar-refractivity contribution in [3.05, 3.63) is 0 Å². The van der Waals surface area contributed by atoms with Gasteiger partial charge in [0.25, 0.3) is 0 Å². The molecule has 1 rings (SSSR count). The van der Waals surface area contributed by atoms with Crippen LogP contribution in [0.25, 0.3) is 0 Å². The van der Waals surface area contributed by atoms with Crippen LogP contribution in [0.1, 0.15) is 34.5 Å². The van der Waals surface area contributed by atoms with Crippen LogP contribution in [0.4, 0.5) is 0 Å². The lowest BCUT2D eigenvalue weighted by Gasteiger charge is -2.11. The van der Waals surface area contributed by atoms with Gasteiger partial charge < -0.3 is 4.74 Å². The molecule has 3 atom stereocenters. The van der Waals surface area contributed by atoms with Crippen molar-refractivity contribution in [1.82, 2.24) is 0 Å². The number of ketones is 1. The summed E-state index contributed by atoms with van der Waals surface area (Å²) in [7, 11) is 0. The lowest BCUT2D eigenvalue weighted by atomic mass is 9.98. The maximum Gasteiger partial charge on any atom is 0.161 e. The third kappa shape index (κ3) is 2.03. The fourth-order valence-electron chi connectivity index (χ4n) is 1.35. The van der Waals surface area contributed by atoms with Crippen LogP contribution in [0.2, 0.25) is 0 Å². The number of rotatable bonds is 3. The van der Waals surface area contributed by atoms with Crippen LogP contribution >= 0.6 is 0 Å². The average molecular weight is 158 g/mol. The zero-order valence-electron chi connectivity index (χ0n) is 8.17. The first kappa shape index (κ1) is 7.29. The molecule has 0 radical (unpaired) electrons. The van der Waals surface area contributed by atoms with Crippen molar-refractivity contribution in [2.45, 2.75) is 39.2 Å². The molecule has 0 saturated carbocycles. The van der Waals surface area contributed by atoms with Gasteiger partial charge >= 0.3 is 0 Å². The second kappa shape index (κ2) is 3.86. The topological polar surface area (TPSA) is 26.3 Å². The smallest absolute Gasteiger partial charge is 0.161 e. The molecule has 1 saturated heterocycles. The monoisotopic (exact) mass is 158 g/mol. The van der Waals surface area contributed by atoms with Crippen LogP contribution in [-0.2, 0) is 9.53 Å². The Morgan fingerprint density at radius 1 is 1.82 bits per heavy atom. The molecule has 0 spiro atoms. The van der Waals surface area contributed by atoms with Crippen molar-refractivity contribution in [2.24, 2.45) is 5.92 Å². The maximum atomic E-state index is 11.4. The van der Waals surface area contributed by atoms with Gasteiger partial charge in [-0.25, -0.2) is 0 Å². The highest BCUT2D eigenvalue weighted by Crippen LogP contribution is 2.21. The molecule has 2 heteroatoms. The molecule has 11 heavy (non-hydrogen) atoms. The molecule has 0 unspecified atom stereocenters. The first-order valence-corrected chi connectivity index (χ1v) is 4.25. The van der Waals surface area contributed by atoms with Gasteiger partial charge in [-0.2, -0.15) is 0 Å². The summed E-state index contributed by atoms with van der Waals surface area (Å²) in [5.41, 5.74) is 0. The Labute approximate surface area is 69.3 Å². The molecule has 1 heterocycles. The van der Waals surface area contributed by atoms with Gasteiger partial charge in [-0.15, -0.1) is 0 Å². The molecule has 0 amide bonds. The number of ether oxygens (including phenoxy) is 1. The summed E-state index contributed by atoms with van der Waals surface area (Å²) >= 11 is 0. The Kier molecular flexibility index (Phi) is 2.56. The Bertz CT molecular complexity index is 170. The van der Waals surface area contributed by atoms with Crippen molar-refractivity contribution < 1.29 is 10.9 Å². The van der Waals surface area contributed by atoms with E-state index in [1.807, 2.05) is 13.8 Å². The van der Waals surface area contributed by atoms with Crippen molar-refractivity contribution in [3.63, 3.8) is 0 Å². The van der Waals surface area contributed by atoms with Crippen LogP contribution in [0.3, 0.4) is 0 Å². The number of hydrogen-bond acceptors (Lipinski definition) is 2. The molecule has 0 aromatic rings. The Morgan fingerprint density at radius 2 is 2.55 bits per heavy atom. The Morgan fingerprint density at radius 3 is 3.00 bits per heavy atom. The van der Waals surface area contributed by atoms with E-state index in [0.29, 0.717) is 12.8 Å². The first-order valence-electron chi connectivity index (χ1n) is 4.83. The minimum atomic E-state index is -0.481. The van der Waals surface area contributed by atoms with E-state index < -0.39 is 6.58 Å². The standard InChI is InChI=1S/C9H16O2/c1-3-4-8(10)9-7(2)5-6-11-9/h7,9H,3-6H2,1-2H3/t7-,9-/m0/s1/i6T/t6-,7+,9+/m1. The molecule has 0 N–H and O–H groups in total. The molecule has 0 aromatic carbocycles. The predicted octanol–water partition coefficient (Wildman–Crippen LogP) is 1.78. The second-order valence-electron chi connectivity index (χ2n) is 3.15. The van der Waals surface area contributed by atoms with Gasteiger partial charge in [0.05, 0.1) is 1.37 Å². The first-order chi connectivity index (χ1) is 5.65. The molecule has 0 aliphatic carbocycles. The molecule has 2 nitrogen and oxygen atoms in total. The normalized spacial score (nSPS) is 38.7. The summed E-state index contributed by atoms with van der Waals surface area (Å²) < 4.78 is 12.5. The highest BCUT2D eigenvalue weighted by atomic mass is 16.5. The van der Waals surface area contributed by atoms with Gasteiger partial charge in [0.15, 0.2) is 5.78 Å². The summed E-state index contributed by atoms with van der Waals surface area (Å²) in [6, 6.07) is 0. The van der Waals surface area contributed by atoms with E-state index in [4.69, 9.17) is 6.11 Å². The summed E-state index contributed by atoms with van der Waals surface area (Å²) in [5, 5.41) is 0. The molecular formula is C9H16O2. The number of hydrogen-bond donors (Lipinski definition) is 0. The van der Waals surface area contributed by atoms with Crippen LogP contribution < -0.4 is 0 Å². The lowest BCUT2D eigenvalue weighted by molar-refractivity contribution is -0.129. The van der Waals surface area contributed by atoms with Gasteiger partial charge in [-0.3, -0.25) is 4.79 Å². The van der Waals surface area contributed by atoms with Crippen molar-refractivity contribution in [1.29, 1.82) is 0 Å². The minimum Gasteiger partial charge on any atom is -0.370 e. The molecule has 0 bridgehead atoms. The van der Waals surface area contributed by atoms with E-state index in [-0.39, 0.29) is 17.8 Å². The summed E-state index contributed by atoms with van der Waals surface area (Å²) in [6.45, 7) is 3.48. The zero-order chi connectivity index (χ0) is 9.14. The third-order valence-electron chi connectivity index (χ3n) is 2.04. The fraction of sp³-hybridized carbons (Fsp3) is 0.889. The molecule has 1 fully saturated rings. The second-order valence-corrected chi connectivity index (χ2v) is 3.15. The molecule has 0 aromatic heterocycles. The van der Waals surface area contributed by atoms with Gasteiger partial charge in [-0.1, -0.05) is 13.8 Å². The van der Waals surface area contributed by atoms with E-state index in [1.54, 1.807) is 0 Å². The van der Waals surface area contributed by atoms with Crippen LogP contribution in [0, 0.1) is 5.92 Å². The maximum absolute atomic E-state index is 11.4. The van der Waals surface area contributed by atoms with E-state index in [9.17, 15) is 4.79 Å². The minimum absolute atomic E-state index is 0.166. The third-order valence-corrected chi connectivity index (χ3v) is 2.04. The van der Waals surface area contributed by atoms with Gasteiger partial charge in [-0.05, 0) is 18.8 Å². The summed E-state index contributed by atoms with van der Waals surface area (Å²) in [5.74, 6) is 0.395. The van der Waals surface area contributed by atoms with Gasteiger partial charge in [0.2, 0.25) is 0 Å². The van der Waals surface area contributed by atoms with Crippen LogP contribution in [0.5, 0.6) is 0 Å². The Balaban J connectivity index is 2.46. The van der Waals surface area contributed by atoms with E-state index in [0.717, 1.165) is 6.42 Å². The SMILES string of the molecule is [3H][C@@H]1C[C@H](C)[C@@H](C(=O)CCC)O1. The van der Waals surface area contributed by atoms with Crippen molar-refractivity contribution >= 4 is 5.78 Å². The highest BCUT2D eigenvalue weighted by molar-refractivity contribution is 5.83. The number of Topliss-reactive ketones (excluding diaryl/α,β-unsaturated/α-hetero) is 1. The Hall–Kier alpha value is -0.370. The van der Waals surface area contributed by atoms with Crippen LogP contribution in [-0.4, -0.2) is 18.5 Å². The number of carbonyl (C=O) groups excluding carboxylic acids is 1. The van der Waals surface area contributed by atoms with Crippen molar-refractivity contribution in [2.75, 3.05) is 6.58 Å². The zero-order valence-corrected chi connectivity index (χ0v) is 7.17. The van der Waals surface area contributed by atoms with Crippen LogP contribution in [0.15, 0.2) is 0 Å². The average Bonchev–Trinajstić information content (AvgIpc) is 2.30. The number of carbonyl (C=O) groups is 1. The quantitative estimate of drug-likeness (QED) is 0.625. The van der Waals surface area contributed by atoms with Crippen molar-refractivity contribution in [3.8, 4) is 0 Å². The molecule has 1 aliphatic rings. The largest absolute Gasteiger partial charge is 0.370 e. The molecule has 1 aliphatic heterocycles. The predicted molar refractivity (Wildman–Crippen MR) is 43.4 cm³/mol. The lowest BCUT2D eigenvalue weighted by Crippen LogP contribution is -2.24. The summed E-state index contributed by atoms with van der Waals surface area (Å²) in [4.78, 5) is 11.4. The van der Waals surface area contributed by atoms with E-state index >= 15 is 0 Å². The van der Waals surface area contributed by atoms with E-state index in [2.05, 4.69) is 0 Å². The molecule has 64 valence electrons. The van der Waals surface area contributed by atoms with E-state index in [1.165, 1.54) is 0 Å². The summed E-state index contributed by atoms with van der Waals surface area (Å²) in [6.07, 6.45) is 1.85. The fourth-order valence-corrected chi connectivity index (χ4v) is 1.35. The highest BCUT2D eigenvalue weighted by Gasteiger charge is 2.29. The van der Waals surface area contributed by atoms with Gasteiger partial charge in [0.1, 0.15) is 6.10 Å². The molecular weight excluding hydrogens is 140 g/mol. The van der Waals surface area contributed by atoms with Gasteiger partial charge in [0, 0.05) is 13.0 Å².